The summed E-state index contributed by atoms with van der Waals surface area (Å²) >= 11 is 0. The first-order valence-corrected chi connectivity index (χ1v) is 19.9. The summed E-state index contributed by atoms with van der Waals surface area (Å²) in [6.07, 6.45) is -8.67. The van der Waals surface area contributed by atoms with Crippen LogP contribution in [0.3, 0.4) is 0 Å². The second kappa shape index (κ2) is 18.8. The number of hydrogen-bond acceptors (Lipinski definition) is 5. The number of rotatable bonds is 23. The van der Waals surface area contributed by atoms with Gasteiger partial charge in [-0.2, -0.15) is 74.6 Å². The number of hydrogen-bond donors (Lipinski definition) is 1. The third kappa shape index (κ3) is 10.4. The van der Waals surface area contributed by atoms with Gasteiger partial charge in [0.2, 0.25) is 0 Å². The van der Waals surface area contributed by atoms with Crippen LogP contribution in [0.15, 0.2) is 35.9 Å². The van der Waals surface area contributed by atoms with E-state index >= 15 is 0 Å². The van der Waals surface area contributed by atoms with Gasteiger partial charge in [0.1, 0.15) is 12.4 Å². The van der Waals surface area contributed by atoms with Gasteiger partial charge in [0.05, 0.1) is 19.3 Å². The molecule has 58 heavy (non-hydrogen) atoms. The lowest BCUT2D eigenvalue weighted by Gasteiger charge is -2.44. The Balaban J connectivity index is 3.14. The van der Waals surface area contributed by atoms with Crippen LogP contribution < -0.4 is 4.74 Å². The minimum Gasteiger partial charge on any atom is -0.491 e. The number of ether oxygens (including phenoxy) is 2. The van der Waals surface area contributed by atoms with Crippen molar-refractivity contribution < 1.29 is 98.4 Å². The summed E-state index contributed by atoms with van der Waals surface area (Å²) in [6.45, 7) is 9.72. The van der Waals surface area contributed by atoms with Crippen LogP contribution >= 0.6 is 0 Å². The van der Waals surface area contributed by atoms with E-state index in [1.165, 1.54) is 52.0 Å². The first kappa shape index (κ1) is 53.2. The first-order valence-electron chi connectivity index (χ1n) is 17.6. The van der Waals surface area contributed by atoms with Crippen molar-refractivity contribution in [3.8, 4) is 5.75 Å². The SMILES string of the molecule is CCOC(=O)/C(C)=C/CC[C@H](C)[C@H](O)c1ccc(OCCO[Si](CCC(F)(F)C(F)(F)C(F)(F)C(F)(F)C(F)(F)C(F)(F)C(F)(F)C(F)(F)F)(C(C)C)C(C)C)cc1. The predicted octanol–water partition coefficient (Wildman–Crippen LogP) is 12.2. The molecule has 0 heterocycles. The number of halogens is 17. The molecule has 0 aliphatic rings. The molecule has 0 unspecified atom stereocenters. The summed E-state index contributed by atoms with van der Waals surface area (Å²) in [5, 5.41) is 10.7. The molecule has 0 aliphatic carbocycles. The Hall–Kier alpha value is -2.82. The maximum atomic E-state index is 14.9. The van der Waals surface area contributed by atoms with Gasteiger partial charge in [-0.1, -0.05) is 52.8 Å². The highest BCUT2D eigenvalue weighted by Gasteiger charge is 2.95. The van der Waals surface area contributed by atoms with E-state index in [-0.39, 0.29) is 24.9 Å². The number of aliphatic hydroxyl groups excluding tert-OH is 1. The number of alkyl halides is 17. The van der Waals surface area contributed by atoms with Crippen LogP contribution in [0.5, 0.6) is 5.75 Å². The normalized spacial score (nSPS) is 15.9. The zero-order chi connectivity index (χ0) is 45.7. The van der Waals surface area contributed by atoms with Gasteiger partial charge in [-0.25, -0.2) is 4.79 Å². The van der Waals surface area contributed by atoms with E-state index in [1.54, 1.807) is 26.8 Å². The third-order valence-corrected chi connectivity index (χ3v) is 15.4. The number of carbonyl (C=O) groups excluding carboxylic acids is 1. The number of esters is 1. The molecule has 23 heteroatoms. The Morgan fingerprint density at radius 3 is 1.59 bits per heavy atom. The van der Waals surface area contributed by atoms with Crippen LogP contribution in [0.1, 0.15) is 79.4 Å². The minimum atomic E-state index is -8.68. The molecule has 1 aromatic carbocycles. The highest BCUT2D eigenvalue weighted by atomic mass is 28.4. The summed E-state index contributed by atoms with van der Waals surface area (Å²) in [7, 11) is -3.94. The van der Waals surface area contributed by atoms with E-state index in [9.17, 15) is 84.5 Å². The molecule has 0 saturated carbocycles. The molecular formula is C35H45F17O5Si. The fourth-order valence-corrected chi connectivity index (χ4v) is 10.4. The van der Waals surface area contributed by atoms with E-state index in [1.807, 2.05) is 0 Å². The molecule has 1 N–H and O–H groups in total. The average Bonchev–Trinajstić information content (AvgIpc) is 3.09. The average molecular weight is 897 g/mol. The Kier molecular flexibility index (Phi) is 17.3. The van der Waals surface area contributed by atoms with Crippen molar-refractivity contribution >= 4 is 14.3 Å². The molecular weight excluding hydrogens is 851 g/mol. The monoisotopic (exact) mass is 896 g/mol. The lowest BCUT2D eigenvalue weighted by atomic mass is 9.88. The molecule has 338 valence electrons. The smallest absolute Gasteiger partial charge is 0.460 e. The first-order chi connectivity index (χ1) is 26.0. The van der Waals surface area contributed by atoms with Gasteiger partial charge in [0, 0.05) is 12.0 Å². The second-order valence-corrected chi connectivity index (χ2v) is 19.3. The van der Waals surface area contributed by atoms with Crippen LogP contribution in [0, 0.1) is 5.92 Å². The molecule has 0 amide bonds. The lowest BCUT2D eigenvalue weighted by Crippen LogP contribution is -2.74. The Bertz CT molecular complexity index is 1500. The Morgan fingerprint density at radius 2 is 1.16 bits per heavy atom. The van der Waals surface area contributed by atoms with Crippen molar-refractivity contribution in [2.24, 2.45) is 5.92 Å². The zero-order valence-electron chi connectivity index (χ0n) is 32.2. The molecule has 0 saturated heterocycles. The Labute approximate surface area is 324 Å². The van der Waals surface area contributed by atoms with Gasteiger partial charge >= 0.3 is 53.6 Å². The van der Waals surface area contributed by atoms with E-state index in [2.05, 4.69) is 0 Å². The summed E-state index contributed by atoms with van der Waals surface area (Å²) in [6, 6.07) is 4.60. The van der Waals surface area contributed by atoms with Crippen molar-refractivity contribution in [1.29, 1.82) is 0 Å². The molecule has 0 bridgehead atoms. The fraction of sp³-hybridized carbons (Fsp3) is 0.743. The quantitative estimate of drug-likeness (QED) is 0.0390. The van der Waals surface area contributed by atoms with Gasteiger partial charge in [-0.3, -0.25) is 0 Å². The number of allylic oxidation sites excluding steroid dienone is 1. The predicted molar refractivity (Wildman–Crippen MR) is 178 cm³/mol. The van der Waals surface area contributed by atoms with Crippen molar-refractivity contribution in [1.82, 2.24) is 0 Å². The van der Waals surface area contributed by atoms with Gasteiger partial charge in [-0.15, -0.1) is 0 Å². The van der Waals surface area contributed by atoms with Crippen molar-refractivity contribution in [3.63, 3.8) is 0 Å². The summed E-state index contributed by atoms with van der Waals surface area (Å²) < 4.78 is 251. The minimum absolute atomic E-state index is 0.186. The van der Waals surface area contributed by atoms with Gasteiger partial charge in [0.25, 0.3) is 0 Å². The molecule has 2 atom stereocenters. The molecule has 0 radical (unpaired) electrons. The number of carbonyl (C=O) groups is 1. The summed E-state index contributed by atoms with van der Waals surface area (Å²) in [5.41, 5.74) is -0.810. The Morgan fingerprint density at radius 1 is 0.707 bits per heavy atom. The largest absolute Gasteiger partial charge is 0.491 e. The number of aliphatic hydroxyl groups is 1. The van der Waals surface area contributed by atoms with Gasteiger partial charge in [-0.05, 0) is 67.4 Å². The third-order valence-electron chi connectivity index (χ3n) is 9.72. The molecule has 0 aromatic heterocycles. The molecule has 1 aromatic rings. The number of benzene rings is 1. The van der Waals surface area contributed by atoms with Crippen LogP contribution in [-0.4, -0.2) is 86.8 Å². The van der Waals surface area contributed by atoms with E-state index in [4.69, 9.17) is 13.9 Å². The topological polar surface area (TPSA) is 65.0 Å². The highest BCUT2D eigenvalue weighted by Crippen LogP contribution is 2.64. The van der Waals surface area contributed by atoms with Crippen molar-refractivity contribution in [3.05, 3.63) is 41.5 Å². The van der Waals surface area contributed by atoms with Crippen molar-refractivity contribution in [2.45, 2.75) is 139 Å². The standard InChI is InChI=1S/C35H45F17O5Si/c1-8-55-27(54)23(7)11-9-10-22(6)26(53)24-12-14-25(15-13-24)56-17-18-57-58(20(2)3,21(4)5)19-16-28(36,37)29(38,39)30(40,41)31(42,43)32(44,45)33(46,47)34(48,49)35(50,51)52/h11-15,20-22,26,53H,8-10,16-19H2,1-7H3/b23-11+/t22-,26-/m0/s1. The van der Waals surface area contributed by atoms with Gasteiger partial charge < -0.3 is 19.0 Å². The maximum Gasteiger partial charge on any atom is 0.460 e. The maximum absolute atomic E-state index is 14.9. The highest BCUT2D eigenvalue weighted by molar-refractivity contribution is 6.76. The molecule has 0 spiro atoms. The molecule has 0 aliphatic heterocycles. The second-order valence-electron chi connectivity index (χ2n) is 14.3. The van der Waals surface area contributed by atoms with Crippen molar-refractivity contribution in [2.75, 3.05) is 19.8 Å². The zero-order valence-corrected chi connectivity index (χ0v) is 33.2. The van der Waals surface area contributed by atoms with Crippen LogP contribution in [-0.2, 0) is 14.0 Å². The van der Waals surface area contributed by atoms with E-state index in [0.29, 0.717) is 24.0 Å². The summed E-state index contributed by atoms with van der Waals surface area (Å²) in [4.78, 5) is 11.7. The van der Waals surface area contributed by atoms with Gasteiger partial charge in [0.15, 0.2) is 8.32 Å². The lowest BCUT2D eigenvalue weighted by molar-refractivity contribution is -0.461. The summed E-state index contributed by atoms with van der Waals surface area (Å²) in [5.74, 6) is -57.2. The van der Waals surface area contributed by atoms with Crippen LogP contribution in [0.2, 0.25) is 17.1 Å². The molecule has 0 fully saturated rings. The van der Waals surface area contributed by atoms with Crippen LogP contribution in [0.4, 0.5) is 74.6 Å². The van der Waals surface area contributed by atoms with Crippen LogP contribution in [0.25, 0.3) is 0 Å². The van der Waals surface area contributed by atoms with E-state index < -0.39 is 98.2 Å². The van der Waals surface area contributed by atoms with E-state index in [0.717, 1.165) is 0 Å². The fourth-order valence-electron chi connectivity index (χ4n) is 5.89. The molecule has 5 nitrogen and oxygen atoms in total. The molecule has 1 rings (SSSR count).